The third kappa shape index (κ3) is 1.64. The quantitative estimate of drug-likeness (QED) is 0.865. The van der Waals surface area contributed by atoms with E-state index in [-0.39, 0.29) is 10.3 Å². The molecule has 3 N–H and O–H groups in total. The van der Waals surface area contributed by atoms with E-state index in [0.29, 0.717) is 12.1 Å². The van der Waals surface area contributed by atoms with Crippen LogP contribution in [0.4, 0.5) is 0 Å². The van der Waals surface area contributed by atoms with Crippen LogP contribution in [0.15, 0.2) is 23.1 Å². The first-order valence-electron chi connectivity index (χ1n) is 5.86. The number of aromatic nitrogens is 2. The summed E-state index contributed by atoms with van der Waals surface area (Å²) in [5, 5.41) is 0. The molecule has 0 amide bonds. The van der Waals surface area contributed by atoms with Gasteiger partial charge in [0.25, 0.3) is 0 Å². The lowest BCUT2D eigenvalue weighted by molar-refractivity contribution is 0.602. The summed E-state index contributed by atoms with van der Waals surface area (Å²) in [7, 11) is -3.26. The highest BCUT2D eigenvalue weighted by Crippen LogP contribution is 2.46. The van der Waals surface area contributed by atoms with Crippen LogP contribution >= 0.6 is 0 Å². The number of imidazole rings is 1. The zero-order valence-electron chi connectivity index (χ0n) is 10.1. The zero-order chi connectivity index (χ0) is 13.0. The van der Waals surface area contributed by atoms with E-state index in [4.69, 9.17) is 5.73 Å². The number of rotatable bonds is 3. The number of nitrogens with one attached hydrogen (secondary N) is 1. The Morgan fingerprint density at radius 2 is 2.17 bits per heavy atom. The van der Waals surface area contributed by atoms with Crippen LogP contribution in [0.2, 0.25) is 0 Å². The molecule has 5 nitrogen and oxygen atoms in total. The summed E-state index contributed by atoms with van der Waals surface area (Å²) in [6.07, 6.45) is 3.22. The smallest absolute Gasteiger partial charge is 0.177 e. The van der Waals surface area contributed by atoms with Gasteiger partial charge in [-0.1, -0.05) is 6.07 Å². The molecule has 1 aromatic heterocycles. The largest absolute Gasteiger partial charge is 0.341 e. The molecule has 2 aromatic rings. The van der Waals surface area contributed by atoms with Crippen LogP contribution in [-0.2, 0) is 15.3 Å². The molecule has 0 radical (unpaired) electrons. The molecule has 0 atom stereocenters. The van der Waals surface area contributed by atoms with Gasteiger partial charge in [-0.05, 0) is 25.0 Å². The van der Waals surface area contributed by atoms with Crippen molar-refractivity contribution in [1.29, 1.82) is 0 Å². The minimum absolute atomic E-state index is 0.0617. The third-order valence-electron chi connectivity index (χ3n) is 3.62. The standard InChI is InChI=1S/C12H15N3O2S/c1-18(16,17)9-4-2-3-8-10(9)15-11(14-8)12(7-13)5-6-12/h2-4H,5-7,13H2,1H3,(H,14,15). The van der Waals surface area contributed by atoms with E-state index >= 15 is 0 Å². The number of sulfone groups is 1. The molecule has 1 aromatic carbocycles. The molecule has 0 saturated heterocycles. The fourth-order valence-corrected chi connectivity index (χ4v) is 3.08. The number of fused-ring (bicyclic) bond motifs is 1. The zero-order valence-corrected chi connectivity index (χ0v) is 10.9. The Bertz CT molecular complexity index is 714. The van der Waals surface area contributed by atoms with Crippen LogP contribution in [-0.4, -0.2) is 31.2 Å². The van der Waals surface area contributed by atoms with Crippen molar-refractivity contribution in [1.82, 2.24) is 9.97 Å². The van der Waals surface area contributed by atoms with Gasteiger partial charge in [-0.2, -0.15) is 0 Å². The monoisotopic (exact) mass is 265 g/mol. The number of benzene rings is 1. The maximum atomic E-state index is 11.7. The minimum atomic E-state index is -3.26. The molecule has 1 aliphatic carbocycles. The van der Waals surface area contributed by atoms with Gasteiger partial charge in [0.15, 0.2) is 9.84 Å². The van der Waals surface area contributed by atoms with E-state index in [9.17, 15) is 8.42 Å². The highest BCUT2D eigenvalue weighted by molar-refractivity contribution is 7.91. The predicted molar refractivity (Wildman–Crippen MR) is 69.2 cm³/mol. The minimum Gasteiger partial charge on any atom is -0.341 e. The first-order chi connectivity index (χ1) is 8.46. The van der Waals surface area contributed by atoms with Crippen molar-refractivity contribution in [2.45, 2.75) is 23.2 Å². The highest BCUT2D eigenvalue weighted by Gasteiger charge is 2.45. The van der Waals surface area contributed by atoms with Crippen molar-refractivity contribution >= 4 is 20.9 Å². The van der Waals surface area contributed by atoms with Gasteiger partial charge in [-0.3, -0.25) is 0 Å². The number of nitrogens with zero attached hydrogens (tertiary/aromatic N) is 1. The van der Waals surface area contributed by atoms with Crippen molar-refractivity contribution in [2.24, 2.45) is 5.73 Å². The molecular formula is C12H15N3O2S. The Kier molecular flexibility index (Phi) is 2.30. The molecule has 96 valence electrons. The lowest BCUT2D eigenvalue weighted by atomic mass is 10.1. The van der Waals surface area contributed by atoms with Crippen molar-refractivity contribution in [3.05, 3.63) is 24.0 Å². The maximum absolute atomic E-state index is 11.7. The van der Waals surface area contributed by atoms with E-state index < -0.39 is 9.84 Å². The summed E-state index contributed by atoms with van der Waals surface area (Å²) in [6.45, 7) is 0.543. The average Bonchev–Trinajstić information content (AvgIpc) is 2.99. The van der Waals surface area contributed by atoms with Crippen LogP contribution in [0.3, 0.4) is 0 Å². The van der Waals surface area contributed by atoms with Gasteiger partial charge in [0.05, 0.1) is 10.4 Å². The summed E-state index contributed by atoms with van der Waals surface area (Å²) in [6, 6.07) is 5.15. The van der Waals surface area contributed by atoms with Gasteiger partial charge < -0.3 is 10.7 Å². The van der Waals surface area contributed by atoms with Gasteiger partial charge >= 0.3 is 0 Å². The Balaban J connectivity index is 2.24. The van der Waals surface area contributed by atoms with E-state index in [0.717, 1.165) is 24.2 Å². The van der Waals surface area contributed by atoms with Crippen LogP contribution in [0.1, 0.15) is 18.7 Å². The summed E-state index contributed by atoms with van der Waals surface area (Å²) in [5.41, 5.74) is 6.99. The Labute approximate surface area is 105 Å². The molecule has 0 aliphatic heterocycles. The summed E-state index contributed by atoms with van der Waals surface area (Å²) >= 11 is 0. The van der Waals surface area contributed by atoms with E-state index in [1.54, 1.807) is 12.1 Å². The lowest BCUT2D eigenvalue weighted by Gasteiger charge is -2.06. The van der Waals surface area contributed by atoms with Crippen LogP contribution in [0, 0.1) is 0 Å². The summed E-state index contributed by atoms with van der Waals surface area (Å²) in [5.74, 6) is 0.816. The maximum Gasteiger partial charge on any atom is 0.177 e. The topological polar surface area (TPSA) is 88.8 Å². The normalized spacial score (nSPS) is 18.1. The van der Waals surface area contributed by atoms with Crippen molar-refractivity contribution < 1.29 is 8.42 Å². The lowest BCUT2D eigenvalue weighted by Crippen LogP contribution is -2.21. The van der Waals surface area contributed by atoms with Gasteiger partial charge in [-0.15, -0.1) is 0 Å². The molecule has 1 aliphatic rings. The average molecular weight is 265 g/mol. The van der Waals surface area contributed by atoms with Crippen LogP contribution in [0.5, 0.6) is 0 Å². The van der Waals surface area contributed by atoms with Crippen molar-refractivity contribution in [3.8, 4) is 0 Å². The third-order valence-corrected chi connectivity index (χ3v) is 4.75. The van der Waals surface area contributed by atoms with Gasteiger partial charge in [0.1, 0.15) is 11.3 Å². The summed E-state index contributed by atoms with van der Waals surface area (Å²) in [4.78, 5) is 7.95. The summed E-state index contributed by atoms with van der Waals surface area (Å²) < 4.78 is 23.4. The van der Waals surface area contributed by atoms with Crippen LogP contribution in [0.25, 0.3) is 11.0 Å². The molecule has 0 spiro atoms. The van der Waals surface area contributed by atoms with Crippen LogP contribution < -0.4 is 5.73 Å². The second-order valence-electron chi connectivity index (χ2n) is 4.99. The van der Waals surface area contributed by atoms with Gasteiger partial charge in [0.2, 0.25) is 0 Å². The number of nitrogens with two attached hydrogens (primary N) is 1. The molecule has 18 heavy (non-hydrogen) atoms. The highest BCUT2D eigenvalue weighted by atomic mass is 32.2. The molecule has 1 heterocycles. The first-order valence-corrected chi connectivity index (χ1v) is 7.75. The molecule has 6 heteroatoms. The molecule has 3 rings (SSSR count). The fourth-order valence-electron chi connectivity index (χ4n) is 2.24. The first kappa shape index (κ1) is 11.7. The van der Waals surface area contributed by atoms with E-state index in [1.807, 2.05) is 6.07 Å². The Morgan fingerprint density at radius 3 is 2.72 bits per heavy atom. The molecule has 0 bridgehead atoms. The number of H-pyrrole nitrogens is 1. The number of hydrogen-bond acceptors (Lipinski definition) is 4. The van der Waals surface area contributed by atoms with Crippen molar-refractivity contribution in [2.75, 3.05) is 12.8 Å². The predicted octanol–water partition coefficient (Wildman–Crippen LogP) is 0.957. The molecule has 0 unspecified atom stereocenters. The number of aromatic amines is 1. The van der Waals surface area contributed by atoms with E-state index in [2.05, 4.69) is 9.97 Å². The number of hydrogen-bond donors (Lipinski definition) is 2. The Hall–Kier alpha value is -1.40. The number of para-hydroxylation sites is 1. The Morgan fingerprint density at radius 1 is 1.44 bits per heavy atom. The van der Waals surface area contributed by atoms with Gasteiger partial charge in [0, 0.05) is 18.2 Å². The van der Waals surface area contributed by atoms with Crippen molar-refractivity contribution in [3.63, 3.8) is 0 Å². The van der Waals surface area contributed by atoms with Gasteiger partial charge in [-0.25, -0.2) is 13.4 Å². The molecule has 1 saturated carbocycles. The second kappa shape index (κ2) is 3.55. The van der Waals surface area contributed by atoms with E-state index in [1.165, 1.54) is 6.26 Å². The fraction of sp³-hybridized carbons (Fsp3) is 0.417. The molecule has 1 fully saturated rings. The molecular weight excluding hydrogens is 250 g/mol. The second-order valence-corrected chi connectivity index (χ2v) is 6.98. The SMILES string of the molecule is CS(=O)(=O)c1cccc2[nH]c(C3(CN)CC3)nc12.